The molecule has 1 aliphatic carbocycles. The van der Waals surface area contributed by atoms with Crippen LogP contribution in [0.15, 0.2) is 0 Å². The predicted octanol–water partition coefficient (Wildman–Crippen LogP) is 3.37. The van der Waals surface area contributed by atoms with Crippen molar-refractivity contribution in [1.29, 1.82) is 0 Å². The van der Waals surface area contributed by atoms with Gasteiger partial charge in [0.25, 0.3) is 0 Å². The van der Waals surface area contributed by atoms with Crippen molar-refractivity contribution in [3.63, 3.8) is 0 Å². The molecule has 2 atom stereocenters. The third kappa shape index (κ3) is 3.30. The Morgan fingerprint density at radius 1 is 1.32 bits per heavy atom. The second-order valence-corrected chi connectivity index (χ2v) is 8.20. The summed E-state index contributed by atoms with van der Waals surface area (Å²) in [6.07, 6.45) is 7.71. The van der Waals surface area contributed by atoms with E-state index in [2.05, 4.69) is 55.9 Å². The van der Waals surface area contributed by atoms with Gasteiger partial charge in [-0.2, -0.15) is 11.8 Å². The summed E-state index contributed by atoms with van der Waals surface area (Å²) in [4.78, 5) is 2.76. The highest BCUT2D eigenvalue weighted by Crippen LogP contribution is 2.42. The molecule has 0 aromatic carbocycles. The van der Waals surface area contributed by atoms with E-state index in [1.807, 2.05) is 0 Å². The van der Waals surface area contributed by atoms with Crippen LogP contribution < -0.4 is 5.32 Å². The minimum atomic E-state index is 0.373. The van der Waals surface area contributed by atoms with Crippen LogP contribution in [-0.2, 0) is 0 Å². The number of nitrogens with zero attached hydrogens (tertiary/aromatic N) is 1. The highest BCUT2D eigenvalue weighted by atomic mass is 32.2. The summed E-state index contributed by atoms with van der Waals surface area (Å²) >= 11 is 2.08. The van der Waals surface area contributed by atoms with Crippen LogP contribution in [0.2, 0.25) is 0 Å². The van der Waals surface area contributed by atoms with Crippen molar-refractivity contribution < 1.29 is 0 Å². The lowest BCUT2D eigenvalue weighted by Gasteiger charge is -2.48. The minimum absolute atomic E-state index is 0.373. The number of piperazine rings is 1. The molecule has 2 aliphatic rings. The molecular formula is C16H32N2S. The molecule has 112 valence electrons. The highest BCUT2D eigenvalue weighted by molar-refractivity contribution is 8.00. The summed E-state index contributed by atoms with van der Waals surface area (Å²) in [6, 6.07) is 0.677. The van der Waals surface area contributed by atoms with Gasteiger partial charge in [-0.05, 0) is 51.7 Å². The van der Waals surface area contributed by atoms with Gasteiger partial charge >= 0.3 is 0 Å². The largest absolute Gasteiger partial charge is 0.308 e. The van der Waals surface area contributed by atoms with Gasteiger partial charge in [0.15, 0.2) is 0 Å². The summed E-state index contributed by atoms with van der Waals surface area (Å²) in [5.74, 6) is 0.925. The van der Waals surface area contributed by atoms with Crippen molar-refractivity contribution in [3.05, 3.63) is 0 Å². The van der Waals surface area contributed by atoms with Crippen LogP contribution >= 0.6 is 11.8 Å². The zero-order chi connectivity index (χ0) is 14.1. The summed E-state index contributed by atoms with van der Waals surface area (Å²) < 4.78 is 0.454. The van der Waals surface area contributed by atoms with E-state index in [4.69, 9.17) is 0 Å². The molecular weight excluding hydrogens is 252 g/mol. The average Bonchev–Trinajstić information content (AvgIpc) is 3.25. The quantitative estimate of drug-likeness (QED) is 0.805. The Labute approximate surface area is 124 Å². The van der Waals surface area contributed by atoms with Gasteiger partial charge in [-0.25, -0.2) is 0 Å². The Hall–Kier alpha value is 0.270. The van der Waals surface area contributed by atoms with E-state index in [-0.39, 0.29) is 0 Å². The predicted molar refractivity (Wildman–Crippen MR) is 87.0 cm³/mol. The summed E-state index contributed by atoms with van der Waals surface area (Å²) in [5.41, 5.74) is 0.373. The van der Waals surface area contributed by atoms with E-state index >= 15 is 0 Å². The Balaban J connectivity index is 2.04. The van der Waals surface area contributed by atoms with Gasteiger partial charge in [0, 0.05) is 36.0 Å². The molecule has 2 fully saturated rings. The fourth-order valence-corrected chi connectivity index (χ4v) is 4.42. The SMILES string of the molecule is CCC(CC)(CN1CC(C)(C2CC2)NCC1C)SC. The Morgan fingerprint density at radius 2 is 1.95 bits per heavy atom. The second kappa shape index (κ2) is 5.95. The van der Waals surface area contributed by atoms with Gasteiger partial charge < -0.3 is 5.32 Å². The minimum Gasteiger partial charge on any atom is -0.308 e. The molecule has 1 aliphatic heterocycles. The van der Waals surface area contributed by atoms with Crippen molar-refractivity contribution in [2.45, 2.75) is 69.7 Å². The first-order valence-corrected chi connectivity index (χ1v) is 9.25. The van der Waals surface area contributed by atoms with E-state index in [0.717, 1.165) is 12.5 Å². The fourth-order valence-electron chi connectivity index (χ4n) is 3.55. The zero-order valence-corrected chi connectivity index (χ0v) is 14.3. The van der Waals surface area contributed by atoms with E-state index in [0.29, 0.717) is 16.3 Å². The number of rotatable bonds is 6. The lowest BCUT2D eigenvalue weighted by atomic mass is 9.89. The summed E-state index contributed by atoms with van der Waals surface area (Å²) in [7, 11) is 0. The van der Waals surface area contributed by atoms with E-state index < -0.39 is 0 Å². The molecule has 0 aromatic rings. The molecule has 0 amide bonds. The first-order chi connectivity index (χ1) is 8.98. The van der Waals surface area contributed by atoms with Crippen LogP contribution in [0.1, 0.15) is 53.4 Å². The Bertz CT molecular complexity index is 291. The molecule has 1 heterocycles. The number of nitrogens with one attached hydrogen (secondary N) is 1. The lowest BCUT2D eigenvalue weighted by Crippen LogP contribution is -2.64. The first-order valence-electron chi connectivity index (χ1n) is 8.03. The van der Waals surface area contributed by atoms with Crippen molar-refractivity contribution in [2.75, 3.05) is 25.9 Å². The smallest absolute Gasteiger partial charge is 0.0309 e. The molecule has 1 saturated carbocycles. The number of thioether (sulfide) groups is 1. The molecule has 0 spiro atoms. The molecule has 2 rings (SSSR count). The second-order valence-electron chi connectivity index (χ2n) is 6.92. The Morgan fingerprint density at radius 3 is 2.42 bits per heavy atom. The van der Waals surface area contributed by atoms with Crippen LogP contribution in [0.4, 0.5) is 0 Å². The summed E-state index contributed by atoms with van der Waals surface area (Å²) in [5, 5.41) is 3.83. The van der Waals surface area contributed by atoms with Crippen molar-refractivity contribution in [3.8, 4) is 0 Å². The Kier molecular flexibility index (Phi) is 4.90. The average molecular weight is 285 g/mol. The molecule has 0 radical (unpaired) electrons. The van der Waals surface area contributed by atoms with Gasteiger partial charge in [-0.15, -0.1) is 0 Å². The van der Waals surface area contributed by atoms with Gasteiger partial charge in [0.2, 0.25) is 0 Å². The van der Waals surface area contributed by atoms with Crippen LogP contribution in [0.5, 0.6) is 0 Å². The topological polar surface area (TPSA) is 15.3 Å². The maximum atomic E-state index is 3.83. The van der Waals surface area contributed by atoms with Crippen LogP contribution in [0, 0.1) is 5.92 Å². The standard InChI is InChI=1S/C16H32N2S/c1-6-16(7-2,19-5)12-18-11-15(4,14-8-9-14)17-10-13(18)3/h13-14,17H,6-12H2,1-5H3. The van der Waals surface area contributed by atoms with Crippen LogP contribution in [0.3, 0.4) is 0 Å². The van der Waals surface area contributed by atoms with Crippen LogP contribution in [0.25, 0.3) is 0 Å². The monoisotopic (exact) mass is 284 g/mol. The molecule has 0 bridgehead atoms. The molecule has 3 heteroatoms. The molecule has 1 saturated heterocycles. The highest BCUT2D eigenvalue weighted by Gasteiger charge is 2.46. The van der Waals surface area contributed by atoms with Gasteiger partial charge in [0.1, 0.15) is 0 Å². The first kappa shape index (κ1) is 15.7. The van der Waals surface area contributed by atoms with Gasteiger partial charge in [-0.1, -0.05) is 13.8 Å². The number of hydrogen-bond acceptors (Lipinski definition) is 3. The maximum absolute atomic E-state index is 3.83. The maximum Gasteiger partial charge on any atom is 0.0309 e. The molecule has 19 heavy (non-hydrogen) atoms. The molecule has 1 N–H and O–H groups in total. The zero-order valence-electron chi connectivity index (χ0n) is 13.5. The van der Waals surface area contributed by atoms with Crippen molar-refractivity contribution in [2.24, 2.45) is 5.92 Å². The van der Waals surface area contributed by atoms with Crippen molar-refractivity contribution in [1.82, 2.24) is 10.2 Å². The van der Waals surface area contributed by atoms with Gasteiger partial charge in [0.05, 0.1) is 0 Å². The van der Waals surface area contributed by atoms with E-state index in [9.17, 15) is 0 Å². The third-order valence-corrected chi connectivity index (χ3v) is 7.22. The lowest BCUT2D eigenvalue weighted by molar-refractivity contribution is 0.0732. The fraction of sp³-hybridized carbons (Fsp3) is 1.00. The van der Waals surface area contributed by atoms with E-state index in [1.54, 1.807) is 0 Å². The number of hydrogen-bond donors (Lipinski definition) is 1. The summed E-state index contributed by atoms with van der Waals surface area (Å²) in [6.45, 7) is 13.2. The molecule has 2 nitrogen and oxygen atoms in total. The van der Waals surface area contributed by atoms with Crippen LogP contribution in [-0.4, -0.2) is 47.1 Å². The van der Waals surface area contributed by atoms with Gasteiger partial charge in [-0.3, -0.25) is 4.90 Å². The third-order valence-electron chi connectivity index (χ3n) is 5.65. The molecule has 0 aromatic heterocycles. The van der Waals surface area contributed by atoms with Crippen molar-refractivity contribution >= 4 is 11.8 Å². The normalized spacial score (nSPS) is 33.6. The molecule has 2 unspecified atom stereocenters. The van der Waals surface area contributed by atoms with E-state index in [1.165, 1.54) is 38.8 Å².